The van der Waals surface area contributed by atoms with Crippen LogP contribution in [0.4, 0.5) is 0 Å². The number of nitrogens with zero attached hydrogens (tertiary/aromatic N) is 3. The average molecular weight is 689 g/mol. The van der Waals surface area contributed by atoms with E-state index >= 15 is 0 Å². The Morgan fingerprint density at radius 3 is 2.22 bits per heavy atom. The molecule has 0 aliphatic carbocycles. The summed E-state index contributed by atoms with van der Waals surface area (Å²) < 4.78 is 11.9. The van der Waals surface area contributed by atoms with Crippen molar-refractivity contribution in [2.75, 3.05) is 41.4 Å². The first-order valence-electron chi connectivity index (χ1n) is 18.0. The number of pyridine rings is 1. The average Bonchev–Trinajstić information content (AvgIpc) is 3.56. The van der Waals surface area contributed by atoms with E-state index in [1.165, 1.54) is 0 Å². The van der Waals surface area contributed by atoms with Crippen LogP contribution in [0.15, 0.2) is 24.5 Å². The van der Waals surface area contributed by atoms with Gasteiger partial charge in [0.25, 0.3) is 0 Å². The molecule has 1 aliphatic heterocycles. The summed E-state index contributed by atoms with van der Waals surface area (Å²) in [5.74, 6) is -1.25. The number of rotatable bonds is 20. The van der Waals surface area contributed by atoms with Crippen LogP contribution < -0.4 is 16.0 Å². The van der Waals surface area contributed by atoms with Crippen molar-refractivity contribution in [2.45, 2.75) is 117 Å². The number of hydrogen-bond donors (Lipinski definition) is 3. The predicted octanol–water partition coefficient (Wildman–Crippen LogP) is 3.05. The van der Waals surface area contributed by atoms with Crippen molar-refractivity contribution in [3.05, 3.63) is 30.1 Å². The third-order valence-electron chi connectivity index (χ3n) is 10.2. The lowest BCUT2D eigenvalue weighted by molar-refractivity contribution is -0.147. The van der Waals surface area contributed by atoms with E-state index in [0.29, 0.717) is 19.5 Å². The molecule has 3 N–H and O–H groups in total. The summed E-state index contributed by atoms with van der Waals surface area (Å²) in [4.78, 5) is 62.1. The first-order chi connectivity index (χ1) is 23.2. The summed E-state index contributed by atoms with van der Waals surface area (Å²) in [7, 11) is 6.64. The Morgan fingerprint density at radius 2 is 1.69 bits per heavy atom. The van der Waals surface area contributed by atoms with E-state index in [4.69, 9.17) is 9.47 Å². The number of carbonyl (C=O) groups excluding carboxylic acids is 4. The fourth-order valence-electron chi connectivity index (χ4n) is 7.09. The molecule has 2 rings (SSSR count). The van der Waals surface area contributed by atoms with Gasteiger partial charge in [-0.15, -0.1) is 0 Å². The number of hydrogen-bond acceptors (Lipinski definition) is 8. The molecule has 12 heteroatoms. The van der Waals surface area contributed by atoms with Crippen LogP contribution in [0, 0.1) is 23.7 Å². The van der Waals surface area contributed by atoms with Gasteiger partial charge in [0.05, 0.1) is 42.7 Å². The summed E-state index contributed by atoms with van der Waals surface area (Å²) in [5, 5.41) is 9.06. The largest absolute Gasteiger partial charge is 0.379 e. The molecule has 0 radical (unpaired) electrons. The number of likely N-dealkylation sites (N-methyl/N-ethyl adjacent to an activating group) is 2. The van der Waals surface area contributed by atoms with E-state index in [2.05, 4.69) is 34.8 Å². The second-order valence-electron chi connectivity index (χ2n) is 14.2. The summed E-state index contributed by atoms with van der Waals surface area (Å²) >= 11 is 0. The number of ether oxygens (including phenoxy) is 2. The van der Waals surface area contributed by atoms with Gasteiger partial charge in [-0.05, 0) is 55.7 Å². The quantitative estimate of drug-likeness (QED) is 0.190. The molecule has 278 valence electrons. The van der Waals surface area contributed by atoms with Crippen LogP contribution in [-0.2, 0) is 35.1 Å². The molecule has 0 spiro atoms. The maximum atomic E-state index is 14.1. The highest BCUT2D eigenvalue weighted by Crippen LogP contribution is 2.29. The molecule has 0 unspecified atom stereocenters. The Kier molecular flexibility index (Phi) is 17.6. The number of carbonyl (C=O) groups is 4. The maximum Gasteiger partial charge on any atom is 0.245 e. The lowest BCUT2D eigenvalue weighted by Gasteiger charge is -2.41. The zero-order chi connectivity index (χ0) is 36.8. The Bertz CT molecular complexity index is 1180. The van der Waals surface area contributed by atoms with Crippen molar-refractivity contribution >= 4 is 23.6 Å². The summed E-state index contributed by atoms with van der Waals surface area (Å²) in [6.07, 6.45) is 5.46. The molecular weight excluding hydrogens is 624 g/mol. The SMILES string of the molecule is CC[C@H](C)[C@@H]([C@@H](CC(=O)N1CCC[C@H]1[C@H](OC)[C@@H](C)C(=O)NCCc1cccnc1)OC)N(C)C(=O)[C@@H](NC(=O)[C@@H](NC)C(C)C)C(C)C. The van der Waals surface area contributed by atoms with Gasteiger partial charge < -0.3 is 35.2 Å². The van der Waals surface area contributed by atoms with Gasteiger partial charge in [0.1, 0.15) is 6.04 Å². The van der Waals surface area contributed by atoms with Crippen molar-refractivity contribution in [2.24, 2.45) is 23.7 Å². The Balaban J connectivity index is 2.20. The highest BCUT2D eigenvalue weighted by molar-refractivity contribution is 5.90. The molecule has 4 amide bonds. The molecule has 1 aromatic heterocycles. The van der Waals surface area contributed by atoms with Crippen LogP contribution in [-0.4, -0.2) is 116 Å². The fourth-order valence-corrected chi connectivity index (χ4v) is 7.09. The molecule has 8 atom stereocenters. The second kappa shape index (κ2) is 20.6. The van der Waals surface area contributed by atoms with Gasteiger partial charge in [0.15, 0.2) is 0 Å². The fraction of sp³-hybridized carbons (Fsp3) is 0.757. The van der Waals surface area contributed by atoms with Gasteiger partial charge in [-0.25, -0.2) is 0 Å². The third-order valence-corrected chi connectivity index (χ3v) is 10.2. The predicted molar refractivity (Wildman–Crippen MR) is 192 cm³/mol. The molecule has 0 bridgehead atoms. The van der Waals surface area contributed by atoms with Crippen LogP contribution >= 0.6 is 0 Å². The van der Waals surface area contributed by atoms with E-state index < -0.39 is 36.3 Å². The molecule has 1 aliphatic rings. The van der Waals surface area contributed by atoms with E-state index in [1.54, 1.807) is 45.6 Å². The molecule has 1 saturated heterocycles. The monoisotopic (exact) mass is 688 g/mol. The highest BCUT2D eigenvalue weighted by Gasteiger charge is 2.43. The molecule has 12 nitrogen and oxygen atoms in total. The first kappa shape index (κ1) is 42.1. The standard InChI is InChI=1S/C37H64N6O6/c1-12-25(6)33(42(9)37(47)32(24(4)5)41-36(46)31(38-8)23(2)3)29(48-10)21-30(44)43-20-14-16-28(43)34(49-11)26(7)35(45)40-19-17-27-15-13-18-39-22-27/h13,15,18,22-26,28-29,31-34,38H,12,14,16-17,19-21H2,1-11H3,(H,40,45)(H,41,46)/t25-,26+,28-,29+,31-,32-,33-,34+/m0/s1. The minimum Gasteiger partial charge on any atom is -0.379 e. The van der Waals surface area contributed by atoms with Gasteiger partial charge in [-0.1, -0.05) is 61.0 Å². The van der Waals surface area contributed by atoms with Crippen molar-refractivity contribution in [3.8, 4) is 0 Å². The van der Waals surface area contributed by atoms with Crippen LogP contribution in [0.5, 0.6) is 0 Å². The number of methoxy groups -OCH3 is 2. The summed E-state index contributed by atoms with van der Waals surface area (Å²) in [6.45, 7) is 14.7. The van der Waals surface area contributed by atoms with Crippen molar-refractivity contribution < 1.29 is 28.7 Å². The van der Waals surface area contributed by atoms with Crippen LogP contribution in [0.2, 0.25) is 0 Å². The molecule has 1 fully saturated rings. The number of likely N-dealkylation sites (tertiary alicyclic amines) is 1. The minimum atomic E-state index is -0.741. The smallest absolute Gasteiger partial charge is 0.245 e. The second-order valence-corrected chi connectivity index (χ2v) is 14.2. The molecule has 2 heterocycles. The zero-order valence-corrected chi connectivity index (χ0v) is 31.8. The number of aromatic nitrogens is 1. The van der Waals surface area contributed by atoms with E-state index in [1.807, 2.05) is 51.7 Å². The normalized spacial score (nSPS) is 19.1. The molecule has 49 heavy (non-hydrogen) atoms. The van der Waals surface area contributed by atoms with Crippen LogP contribution in [0.25, 0.3) is 0 Å². The summed E-state index contributed by atoms with van der Waals surface area (Å²) in [5.41, 5.74) is 1.04. The van der Waals surface area contributed by atoms with Crippen molar-refractivity contribution in [3.63, 3.8) is 0 Å². The van der Waals surface area contributed by atoms with E-state index in [-0.39, 0.29) is 53.8 Å². The van der Waals surface area contributed by atoms with Gasteiger partial charge in [-0.3, -0.25) is 24.2 Å². The molecular formula is C37H64N6O6. The number of amides is 4. The first-order valence-corrected chi connectivity index (χ1v) is 18.0. The van der Waals surface area contributed by atoms with E-state index in [0.717, 1.165) is 24.8 Å². The van der Waals surface area contributed by atoms with Gasteiger partial charge >= 0.3 is 0 Å². The highest BCUT2D eigenvalue weighted by atomic mass is 16.5. The van der Waals surface area contributed by atoms with Gasteiger partial charge in [0.2, 0.25) is 23.6 Å². The minimum absolute atomic E-state index is 0.00687. The zero-order valence-electron chi connectivity index (χ0n) is 31.8. The van der Waals surface area contributed by atoms with Crippen LogP contribution in [0.3, 0.4) is 0 Å². The third kappa shape index (κ3) is 11.5. The Labute approximate surface area is 294 Å². The molecule has 1 aromatic rings. The topological polar surface area (TPSA) is 142 Å². The number of nitrogens with one attached hydrogen (secondary N) is 3. The lowest BCUT2D eigenvalue weighted by atomic mass is 9.89. The Hall–Kier alpha value is -3.09. The summed E-state index contributed by atoms with van der Waals surface area (Å²) in [6, 6.07) is 1.99. The van der Waals surface area contributed by atoms with Gasteiger partial charge in [0, 0.05) is 46.8 Å². The van der Waals surface area contributed by atoms with Crippen LogP contribution in [0.1, 0.15) is 79.7 Å². The van der Waals surface area contributed by atoms with Gasteiger partial charge in [-0.2, -0.15) is 0 Å². The molecule has 0 aromatic carbocycles. The van der Waals surface area contributed by atoms with Crippen molar-refractivity contribution in [1.82, 2.24) is 30.7 Å². The lowest BCUT2D eigenvalue weighted by Crippen LogP contribution is -2.59. The molecule has 0 saturated carbocycles. The van der Waals surface area contributed by atoms with Crippen molar-refractivity contribution in [1.29, 1.82) is 0 Å². The van der Waals surface area contributed by atoms with E-state index in [9.17, 15) is 19.2 Å². The maximum absolute atomic E-state index is 14.1. The Morgan fingerprint density at radius 1 is 1.02 bits per heavy atom.